The third kappa shape index (κ3) is 3.60. The number of carbonyl (C=O) groups is 1. The first kappa shape index (κ1) is 13.1. The molecule has 18 heavy (non-hydrogen) atoms. The van der Waals surface area contributed by atoms with E-state index in [0.29, 0.717) is 6.04 Å². The largest absolute Gasteiger partial charge is 0.481 e. The fourth-order valence-corrected chi connectivity index (χ4v) is 2.56. The molecule has 1 aliphatic carbocycles. The number of aryl methyl sites for hydroxylation is 1. The second-order valence-corrected chi connectivity index (χ2v) is 5.10. The number of carboxylic acid groups (broad SMARTS) is 1. The molecule has 1 aromatic rings. The molecule has 0 amide bonds. The lowest BCUT2D eigenvalue weighted by Gasteiger charge is -2.26. The lowest BCUT2D eigenvalue weighted by molar-refractivity contribution is -0.142. The number of carboxylic acids is 1. The van der Waals surface area contributed by atoms with Crippen molar-refractivity contribution in [3.8, 4) is 0 Å². The van der Waals surface area contributed by atoms with Gasteiger partial charge in [-0.3, -0.25) is 4.79 Å². The number of hydrogen-bond acceptors (Lipinski definition) is 3. The molecular formula is C14H21NO3. The minimum Gasteiger partial charge on any atom is -0.481 e. The van der Waals surface area contributed by atoms with E-state index in [4.69, 9.17) is 9.52 Å². The van der Waals surface area contributed by atoms with E-state index in [1.165, 1.54) is 0 Å². The van der Waals surface area contributed by atoms with Crippen LogP contribution in [0.25, 0.3) is 0 Å². The summed E-state index contributed by atoms with van der Waals surface area (Å²) in [5.74, 6) is 1.20. The molecule has 0 unspecified atom stereocenters. The van der Waals surface area contributed by atoms with Crippen LogP contribution in [0.4, 0.5) is 0 Å². The van der Waals surface area contributed by atoms with Gasteiger partial charge in [-0.05, 0) is 44.7 Å². The fraction of sp³-hybridized carbons (Fsp3) is 0.643. The van der Waals surface area contributed by atoms with Gasteiger partial charge in [0.25, 0.3) is 0 Å². The first-order valence-corrected chi connectivity index (χ1v) is 6.66. The van der Waals surface area contributed by atoms with E-state index in [2.05, 4.69) is 5.32 Å². The lowest BCUT2D eigenvalue weighted by atomic mass is 9.86. The third-order valence-corrected chi connectivity index (χ3v) is 3.68. The van der Waals surface area contributed by atoms with Crippen LogP contribution < -0.4 is 5.32 Å². The molecule has 1 aliphatic rings. The predicted octanol–water partition coefficient (Wildman–Crippen LogP) is 2.36. The monoisotopic (exact) mass is 251 g/mol. The molecule has 1 aromatic heterocycles. The van der Waals surface area contributed by atoms with Crippen LogP contribution in [0.2, 0.25) is 0 Å². The standard InChI is InChI=1S/C14H21NO3/c1-10-2-7-13(18-10)8-9-15-12-5-3-11(4-6-12)14(16)17/h2,7,11-12,15H,3-6,8-9H2,1H3,(H,16,17). The van der Waals surface area contributed by atoms with Crippen molar-refractivity contribution in [2.75, 3.05) is 6.54 Å². The Bertz CT molecular complexity index is 391. The van der Waals surface area contributed by atoms with Crippen molar-refractivity contribution >= 4 is 5.97 Å². The third-order valence-electron chi connectivity index (χ3n) is 3.68. The zero-order valence-corrected chi connectivity index (χ0v) is 10.8. The van der Waals surface area contributed by atoms with Gasteiger partial charge in [0.15, 0.2) is 0 Å². The summed E-state index contributed by atoms with van der Waals surface area (Å²) in [5.41, 5.74) is 0. The van der Waals surface area contributed by atoms with E-state index in [1.54, 1.807) is 0 Å². The fourth-order valence-electron chi connectivity index (χ4n) is 2.56. The molecule has 4 heteroatoms. The van der Waals surface area contributed by atoms with Crippen molar-refractivity contribution in [1.29, 1.82) is 0 Å². The Kier molecular flexibility index (Phi) is 4.42. The van der Waals surface area contributed by atoms with E-state index in [1.807, 2.05) is 19.1 Å². The van der Waals surface area contributed by atoms with Gasteiger partial charge < -0.3 is 14.8 Å². The van der Waals surface area contributed by atoms with Crippen LogP contribution in [0.1, 0.15) is 37.2 Å². The molecule has 0 saturated heterocycles. The van der Waals surface area contributed by atoms with Crippen LogP contribution in [-0.2, 0) is 11.2 Å². The van der Waals surface area contributed by atoms with Crippen LogP contribution in [0.15, 0.2) is 16.5 Å². The number of furan rings is 1. The molecule has 0 radical (unpaired) electrons. The first-order chi connectivity index (χ1) is 8.65. The Morgan fingerprint density at radius 3 is 2.67 bits per heavy atom. The van der Waals surface area contributed by atoms with Crippen LogP contribution in [-0.4, -0.2) is 23.7 Å². The van der Waals surface area contributed by atoms with Crippen molar-refractivity contribution in [3.63, 3.8) is 0 Å². The highest BCUT2D eigenvalue weighted by Gasteiger charge is 2.25. The molecule has 0 atom stereocenters. The molecule has 2 rings (SSSR count). The van der Waals surface area contributed by atoms with Crippen LogP contribution >= 0.6 is 0 Å². The van der Waals surface area contributed by atoms with Crippen LogP contribution in [0.5, 0.6) is 0 Å². The van der Waals surface area contributed by atoms with Gasteiger partial charge in [-0.15, -0.1) is 0 Å². The van der Waals surface area contributed by atoms with Crippen molar-refractivity contribution in [3.05, 3.63) is 23.7 Å². The van der Waals surface area contributed by atoms with E-state index in [-0.39, 0.29) is 5.92 Å². The molecule has 0 spiro atoms. The summed E-state index contributed by atoms with van der Waals surface area (Å²) in [4.78, 5) is 10.8. The second-order valence-electron chi connectivity index (χ2n) is 5.10. The maximum Gasteiger partial charge on any atom is 0.306 e. The van der Waals surface area contributed by atoms with Crippen molar-refractivity contribution < 1.29 is 14.3 Å². The van der Waals surface area contributed by atoms with Crippen LogP contribution in [0.3, 0.4) is 0 Å². The summed E-state index contributed by atoms with van der Waals surface area (Å²) >= 11 is 0. The zero-order valence-electron chi connectivity index (χ0n) is 10.8. The van der Waals surface area contributed by atoms with Gasteiger partial charge >= 0.3 is 5.97 Å². The minimum absolute atomic E-state index is 0.129. The summed E-state index contributed by atoms with van der Waals surface area (Å²) < 4.78 is 5.50. The van der Waals surface area contributed by atoms with Crippen LogP contribution in [0, 0.1) is 12.8 Å². The first-order valence-electron chi connectivity index (χ1n) is 6.66. The summed E-state index contributed by atoms with van der Waals surface area (Å²) in [6.07, 6.45) is 4.43. The normalized spacial score (nSPS) is 24.1. The Morgan fingerprint density at radius 1 is 1.39 bits per heavy atom. The molecule has 1 fully saturated rings. The zero-order chi connectivity index (χ0) is 13.0. The topological polar surface area (TPSA) is 62.5 Å². The van der Waals surface area contributed by atoms with Gasteiger partial charge in [-0.25, -0.2) is 0 Å². The maximum absolute atomic E-state index is 10.8. The number of nitrogens with one attached hydrogen (secondary N) is 1. The number of rotatable bonds is 5. The Hall–Kier alpha value is -1.29. The quantitative estimate of drug-likeness (QED) is 0.843. The Labute approximate surface area is 107 Å². The molecule has 0 bridgehead atoms. The average molecular weight is 251 g/mol. The highest BCUT2D eigenvalue weighted by molar-refractivity contribution is 5.70. The van der Waals surface area contributed by atoms with Gasteiger partial charge in [-0.1, -0.05) is 0 Å². The molecule has 4 nitrogen and oxygen atoms in total. The molecule has 100 valence electrons. The second kappa shape index (κ2) is 6.05. The SMILES string of the molecule is Cc1ccc(CCNC2CCC(C(=O)O)CC2)o1. The van der Waals surface area contributed by atoms with Crippen molar-refractivity contribution in [1.82, 2.24) is 5.32 Å². The van der Waals surface area contributed by atoms with Gasteiger partial charge in [0.1, 0.15) is 11.5 Å². The number of hydrogen-bond donors (Lipinski definition) is 2. The minimum atomic E-state index is -0.639. The number of aliphatic carboxylic acids is 1. The summed E-state index contributed by atoms with van der Waals surface area (Å²) in [5, 5.41) is 12.4. The molecule has 1 heterocycles. The molecule has 0 aromatic carbocycles. The molecule has 2 N–H and O–H groups in total. The van der Waals surface area contributed by atoms with E-state index >= 15 is 0 Å². The smallest absolute Gasteiger partial charge is 0.306 e. The van der Waals surface area contributed by atoms with E-state index in [0.717, 1.165) is 50.2 Å². The highest BCUT2D eigenvalue weighted by atomic mass is 16.4. The summed E-state index contributed by atoms with van der Waals surface area (Å²) in [6.45, 7) is 2.85. The van der Waals surface area contributed by atoms with E-state index < -0.39 is 5.97 Å². The highest BCUT2D eigenvalue weighted by Crippen LogP contribution is 2.24. The predicted molar refractivity (Wildman–Crippen MR) is 68.5 cm³/mol. The Morgan fingerprint density at radius 2 is 2.11 bits per heavy atom. The van der Waals surface area contributed by atoms with E-state index in [9.17, 15) is 4.79 Å². The molecule has 1 saturated carbocycles. The van der Waals surface area contributed by atoms with Crippen molar-refractivity contribution in [2.24, 2.45) is 5.92 Å². The van der Waals surface area contributed by atoms with Gasteiger partial charge in [-0.2, -0.15) is 0 Å². The average Bonchev–Trinajstić information content (AvgIpc) is 2.76. The summed E-state index contributed by atoms with van der Waals surface area (Å²) in [7, 11) is 0. The maximum atomic E-state index is 10.8. The van der Waals surface area contributed by atoms with Gasteiger partial charge in [0.2, 0.25) is 0 Å². The van der Waals surface area contributed by atoms with Gasteiger partial charge in [0.05, 0.1) is 5.92 Å². The summed E-state index contributed by atoms with van der Waals surface area (Å²) in [6, 6.07) is 4.46. The Balaban J connectivity index is 1.65. The lowest BCUT2D eigenvalue weighted by Crippen LogP contribution is -2.35. The molecule has 0 aliphatic heterocycles. The molecular weight excluding hydrogens is 230 g/mol. The van der Waals surface area contributed by atoms with Crippen molar-refractivity contribution in [2.45, 2.75) is 45.1 Å². The van der Waals surface area contributed by atoms with Gasteiger partial charge in [0, 0.05) is 19.0 Å².